The molecule has 0 spiro atoms. The largest absolute Gasteiger partial charge is 0.487 e. The van der Waals surface area contributed by atoms with Crippen LogP contribution in [0.15, 0.2) is 24.4 Å². The number of anilines is 4. The van der Waals surface area contributed by atoms with Crippen LogP contribution in [-0.2, 0) is 14.2 Å². The molecule has 1 aliphatic rings. The molecule has 3 heterocycles. The summed E-state index contributed by atoms with van der Waals surface area (Å²) in [7, 11) is 1.63. The lowest BCUT2D eigenvalue weighted by Crippen LogP contribution is -2.28. The first-order valence-electron chi connectivity index (χ1n) is 10.4. The van der Waals surface area contributed by atoms with Crippen molar-refractivity contribution in [1.82, 2.24) is 9.97 Å². The fourth-order valence-corrected chi connectivity index (χ4v) is 3.06. The Morgan fingerprint density at radius 1 is 1.19 bits per heavy atom. The van der Waals surface area contributed by atoms with Crippen molar-refractivity contribution in [2.45, 2.75) is 18.9 Å². The van der Waals surface area contributed by atoms with Gasteiger partial charge in [-0.15, -0.1) is 0 Å². The van der Waals surface area contributed by atoms with E-state index in [1.165, 1.54) is 6.20 Å². The van der Waals surface area contributed by atoms with Gasteiger partial charge in [0.25, 0.3) is 0 Å². The number of hydrogen-bond donors (Lipinski definition) is 4. The molecule has 0 aromatic carbocycles. The van der Waals surface area contributed by atoms with Gasteiger partial charge in [0.05, 0.1) is 31.1 Å². The maximum absolute atomic E-state index is 8.96. The average Bonchev–Trinajstić information content (AvgIpc) is 2.83. The van der Waals surface area contributed by atoms with E-state index in [2.05, 4.69) is 21.0 Å². The SMILES string of the molecule is COCCOCCOc1cc(NN)c(Nc2ccc(C#N)cn2)nc1NC1CCOCC1. The molecule has 0 radical (unpaired) electrons. The predicted molar refractivity (Wildman–Crippen MR) is 120 cm³/mol. The highest BCUT2D eigenvalue weighted by molar-refractivity contribution is 5.75. The summed E-state index contributed by atoms with van der Waals surface area (Å²) in [4.78, 5) is 8.94. The Labute approximate surface area is 187 Å². The molecular formula is C21H29N7O4. The van der Waals surface area contributed by atoms with Crippen molar-refractivity contribution in [3.63, 3.8) is 0 Å². The first kappa shape index (κ1) is 23.5. The van der Waals surface area contributed by atoms with E-state index >= 15 is 0 Å². The van der Waals surface area contributed by atoms with Crippen LogP contribution in [0.4, 0.5) is 23.1 Å². The van der Waals surface area contributed by atoms with E-state index in [1.807, 2.05) is 6.07 Å². The third kappa shape index (κ3) is 6.93. The lowest BCUT2D eigenvalue weighted by molar-refractivity contribution is 0.0544. The van der Waals surface area contributed by atoms with Gasteiger partial charge in [-0.3, -0.25) is 5.84 Å². The summed E-state index contributed by atoms with van der Waals surface area (Å²) in [5.41, 5.74) is 3.65. The summed E-state index contributed by atoms with van der Waals surface area (Å²) >= 11 is 0. The van der Waals surface area contributed by atoms with Gasteiger partial charge in [-0.2, -0.15) is 5.26 Å². The number of aromatic nitrogens is 2. The Morgan fingerprint density at radius 3 is 2.69 bits per heavy atom. The summed E-state index contributed by atoms with van der Waals surface area (Å²) < 4.78 is 21.8. The molecule has 5 N–H and O–H groups in total. The molecule has 3 rings (SSSR count). The lowest BCUT2D eigenvalue weighted by atomic mass is 10.1. The lowest BCUT2D eigenvalue weighted by Gasteiger charge is -2.25. The summed E-state index contributed by atoms with van der Waals surface area (Å²) in [5.74, 6) is 7.89. The third-order valence-electron chi connectivity index (χ3n) is 4.76. The molecule has 0 saturated carbocycles. The fourth-order valence-electron chi connectivity index (χ4n) is 3.06. The molecule has 1 aliphatic heterocycles. The highest BCUT2D eigenvalue weighted by Crippen LogP contribution is 2.33. The standard InChI is InChI=1S/C21H29N7O4/c1-29-8-9-31-10-11-32-18-12-17(28-23)20(26-19-3-2-15(13-22)14-24-19)27-21(18)25-16-4-6-30-7-5-16/h2-3,12,14,16,28H,4-11,23H2,1H3,(H2,24,25,26,27). The molecule has 2 aromatic heterocycles. The van der Waals surface area contributed by atoms with Crippen LogP contribution in [0.5, 0.6) is 5.75 Å². The topological polar surface area (TPSA) is 149 Å². The fraction of sp³-hybridized carbons (Fsp3) is 0.476. The Hall–Kier alpha value is -3.17. The summed E-state index contributed by atoms with van der Waals surface area (Å²) in [5, 5.41) is 15.6. The quantitative estimate of drug-likeness (QED) is 0.217. The van der Waals surface area contributed by atoms with Gasteiger partial charge in [0, 0.05) is 38.6 Å². The van der Waals surface area contributed by atoms with Gasteiger partial charge in [-0.25, -0.2) is 9.97 Å². The number of nitrogens with one attached hydrogen (secondary N) is 3. The van der Waals surface area contributed by atoms with Crippen molar-refractivity contribution >= 4 is 23.1 Å². The van der Waals surface area contributed by atoms with Crippen LogP contribution >= 0.6 is 0 Å². The molecule has 0 aliphatic carbocycles. The van der Waals surface area contributed by atoms with Crippen LogP contribution < -0.4 is 26.6 Å². The number of nitrogen functional groups attached to an aromatic ring is 1. The van der Waals surface area contributed by atoms with Gasteiger partial charge >= 0.3 is 0 Å². The number of ether oxygens (including phenoxy) is 4. The number of hydrazine groups is 1. The zero-order valence-corrected chi connectivity index (χ0v) is 18.1. The maximum atomic E-state index is 8.96. The zero-order valence-electron chi connectivity index (χ0n) is 18.1. The number of hydrogen-bond acceptors (Lipinski definition) is 11. The van der Waals surface area contributed by atoms with Gasteiger partial charge in [-0.1, -0.05) is 0 Å². The second-order valence-electron chi connectivity index (χ2n) is 7.03. The second-order valence-corrected chi connectivity index (χ2v) is 7.03. The molecule has 32 heavy (non-hydrogen) atoms. The zero-order chi connectivity index (χ0) is 22.6. The minimum absolute atomic E-state index is 0.217. The Balaban J connectivity index is 1.77. The molecule has 2 aromatic rings. The number of nitrogens with zero attached hydrogens (tertiary/aromatic N) is 3. The van der Waals surface area contributed by atoms with E-state index in [0.29, 0.717) is 74.1 Å². The highest BCUT2D eigenvalue weighted by atomic mass is 16.5. The maximum Gasteiger partial charge on any atom is 0.171 e. The van der Waals surface area contributed by atoms with Crippen LogP contribution in [0.2, 0.25) is 0 Å². The van der Waals surface area contributed by atoms with Crippen molar-refractivity contribution in [2.75, 3.05) is 62.8 Å². The van der Waals surface area contributed by atoms with Crippen molar-refractivity contribution in [2.24, 2.45) is 5.84 Å². The number of pyridine rings is 2. The van der Waals surface area contributed by atoms with Crippen molar-refractivity contribution in [3.8, 4) is 11.8 Å². The van der Waals surface area contributed by atoms with E-state index in [0.717, 1.165) is 12.8 Å². The molecule has 1 fully saturated rings. The molecule has 11 nitrogen and oxygen atoms in total. The van der Waals surface area contributed by atoms with Crippen LogP contribution in [-0.4, -0.2) is 62.8 Å². The monoisotopic (exact) mass is 443 g/mol. The van der Waals surface area contributed by atoms with Gasteiger partial charge in [0.2, 0.25) is 0 Å². The van der Waals surface area contributed by atoms with Crippen LogP contribution in [0.1, 0.15) is 18.4 Å². The minimum atomic E-state index is 0.217. The summed E-state index contributed by atoms with van der Waals surface area (Å²) in [6.07, 6.45) is 3.23. The normalized spacial score (nSPS) is 13.9. The number of methoxy groups -OCH3 is 1. The van der Waals surface area contributed by atoms with Gasteiger partial charge in [-0.05, 0) is 25.0 Å². The predicted octanol–water partition coefficient (Wildman–Crippen LogP) is 2.01. The van der Waals surface area contributed by atoms with Crippen molar-refractivity contribution in [3.05, 3.63) is 30.0 Å². The molecule has 1 saturated heterocycles. The first-order chi connectivity index (χ1) is 15.7. The van der Waals surface area contributed by atoms with Gasteiger partial charge in [0.1, 0.15) is 18.5 Å². The summed E-state index contributed by atoms with van der Waals surface area (Å²) in [6, 6.07) is 7.41. The summed E-state index contributed by atoms with van der Waals surface area (Å²) in [6.45, 7) is 3.20. The number of nitriles is 1. The Morgan fingerprint density at radius 2 is 2.00 bits per heavy atom. The van der Waals surface area contributed by atoms with E-state index in [4.69, 9.17) is 35.0 Å². The van der Waals surface area contributed by atoms with E-state index in [9.17, 15) is 0 Å². The van der Waals surface area contributed by atoms with E-state index in [-0.39, 0.29) is 6.04 Å². The van der Waals surface area contributed by atoms with Crippen molar-refractivity contribution in [1.29, 1.82) is 5.26 Å². The second kappa shape index (κ2) is 12.6. The van der Waals surface area contributed by atoms with Crippen LogP contribution in [0.3, 0.4) is 0 Å². The molecule has 0 bridgehead atoms. The molecule has 0 unspecified atom stereocenters. The molecular weight excluding hydrogens is 414 g/mol. The van der Waals surface area contributed by atoms with E-state index < -0.39 is 0 Å². The molecule has 0 amide bonds. The number of rotatable bonds is 12. The first-order valence-corrected chi connectivity index (χ1v) is 10.4. The Bertz CT molecular complexity index is 883. The minimum Gasteiger partial charge on any atom is -0.487 e. The molecule has 11 heteroatoms. The smallest absolute Gasteiger partial charge is 0.171 e. The Kier molecular flexibility index (Phi) is 9.27. The van der Waals surface area contributed by atoms with Crippen molar-refractivity contribution < 1.29 is 18.9 Å². The number of nitrogens with two attached hydrogens (primary N) is 1. The third-order valence-corrected chi connectivity index (χ3v) is 4.76. The van der Waals surface area contributed by atoms with Crippen LogP contribution in [0, 0.1) is 11.3 Å². The average molecular weight is 444 g/mol. The van der Waals surface area contributed by atoms with E-state index in [1.54, 1.807) is 25.3 Å². The molecule has 0 atom stereocenters. The van der Waals surface area contributed by atoms with Crippen LogP contribution in [0.25, 0.3) is 0 Å². The van der Waals surface area contributed by atoms with Gasteiger partial charge in [0.15, 0.2) is 17.4 Å². The highest BCUT2D eigenvalue weighted by Gasteiger charge is 2.19. The van der Waals surface area contributed by atoms with Gasteiger partial charge < -0.3 is 35.0 Å². The molecule has 172 valence electrons.